The molecular weight excluding hydrogens is 374 g/mol. The predicted molar refractivity (Wildman–Crippen MR) is 134 cm³/mol. The van der Waals surface area contributed by atoms with Crippen molar-refractivity contribution in [3.05, 3.63) is 0 Å². The number of hydrogen-bond donors (Lipinski definition) is 0. The first kappa shape index (κ1) is 25.1. The van der Waals surface area contributed by atoms with Crippen LogP contribution in [0.15, 0.2) is 0 Å². The molecule has 0 unspecified atom stereocenters. The van der Waals surface area contributed by atoms with Gasteiger partial charge in [-0.2, -0.15) is 5.26 Å². The lowest BCUT2D eigenvalue weighted by Crippen LogP contribution is -2.38. The van der Waals surface area contributed by atoms with E-state index < -0.39 is 0 Å². The van der Waals surface area contributed by atoms with Crippen molar-refractivity contribution in [2.24, 2.45) is 35.0 Å². The third-order valence-electron chi connectivity index (χ3n) is 9.99. The van der Waals surface area contributed by atoms with E-state index in [1.807, 2.05) is 0 Å². The van der Waals surface area contributed by atoms with Crippen LogP contribution in [0.4, 0.5) is 0 Å². The van der Waals surface area contributed by atoms with E-state index in [-0.39, 0.29) is 5.41 Å². The average molecular weight is 428 g/mol. The summed E-state index contributed by atoms with van der Waals surface area (Å²) in [6.07, 6.45) is 29.4. The lowest BCUT2D eigenvalue weighted by atomic mass is 9.57. The number of unbranched alkanes of at least 4 members (excludes halogenated alkanes) is 5. The van der Waals surface area contributed by atoms with Gasteiger partial charge in [-0.15, -0.1) is 0 Å². The fourth-order valence-corrected chi connectivity index (χ4v) is 7.81. The van der Waals surface area contributed by atoms with E-state index in [9.17, 15) is 5.26 Å². The average Bonchev–Trinajstić information content (AvgIpc) is 2.82. The molecule has 0 amide bonds. The SMILES string of the molecule is CCCCCCCCC1CCC(C2(C#N)CCC(C3CCC(CCC)CC3)CC2)CC1. The molecule has 0 aromatic rings. The van der Waals surface area contributed by atoms with Gasteiger partial charge in [-0.25, -0.2) is 0 Å². The van der Waals surface area contributed by atoms with Gasteiger partial charge in [0.05, 0.1) is 11.5 Å². The first-order valence-corrected chi connectivity index (χ1v) is 14.6. The molecule has 1 heteroatoms. The normalized spacial score (nSPS) is 36.7. The van der Waals surface area contributed by atoms with E-state index in [2.05, 4.69) is 19.9 Å². The van der Waals surface area contributed by atoms with Gasteiger partial charge in [-0.3, -0.25) is 0 Å². The van der Waals surface area contributed by atoms with Crippen molar-refractivity contribution in [2.75, 3.05) is 0 Å². The topological polar surface area (TPSA) is 23.8 Å². The number of rotatable bonds is 11. The van der Waals surface area contributed by atoms with Crippen molar-refractivity contribution in [3.63, 3.8) is 0 Å². The summed E-state index contributed by atoms with van der Waals surface area (Å²) in [7, 11) is 0. The van der Waals surface area contributed by atoms with Crippen molar-refractivity contribution in [3.8, 4) is 6.07 Å². The van der Waals surface area contributed by atoms with Gasteiger partial charge in [0, 0.05) is 0 Å². The Balaban J connectivity index is 1.36. The summed E-state index contributed by atoms with van der Waals surface area (Å²) >= 11 is 0. The van der Waals surface area contributed by atoms with Crippen molar-refractivity contribution in [2.45, 2.75) is 149 Å². The molecule has 178 valence electrons. The summed E-state index contributed by atoms with van der Waals surface area (Å²) in [5.74, 6) is 4.62. The molecule has 0 atom stereocenters. The van der Waals surface area contributed by atoms with E-state index >= 15 is 0 Å². The van der Waals surface area contributed by atoms with Crippen molar-refractivity contribution in [1.82, 2.24) is 0 Å². The minimum absolute atomic E-state index is 0.0427. The zero-order chi connectivity index (χ0) is 21.9. The first-order chi connectivity index (χ1) is 15.2. The second-order valence-corrected chi connectivity index (χ2v) is 11.9. The minimum Gasteiger partial charge on any atom is -0.198 e. The summed E-state index contributed by atoms with van der Waals surface area (Å²) in [6.45, 7) is 4.65. The zero-order valence-electron chi connectivity index (χ0n) is 21.2. The minimum atomic E-state index is 0.0427. The maximum Gasteiger partial charge on any atom is 0.0692 e. The molecule has 3 saturated carbocycles. The molecule has 0 N–H and O–H groups in total. The lowest BCUT2D eigenvalue weighted by molar-refractivity contribution is 0.0602. The van der Waals surface area contributed by atoms with Crippen molar-refractivity contribution < 1.29 is 0 Å². The standard InChI is InChI=1S/C30H53N/c1-3-5-6-7-8-9-11-26-14-18-29(19-15-26)30(24-31)22-20-28(21-23-30)27-16-12-25(10-4-2)13-17-27/h25-29H,3-23H2,1-2H3. The highest BCUT2D eigenvalue weighted by Crippen LogP contribution is 2.52. The fourth-order valence-electron chi connectivity index (χ4n) is 7.81. The summed E-state index contributed by atoms with van der Waals surface area (Å²) in [5, 5.41) is 10.2. The zero-order valence-corrected chi connectivity index (χ0v) is 21.2. The highest BCUT2D eigenvalue weighted by molar-refractivity contribution is 5.06. The number of hydrogen-bond acceptors (Lipinski definition) is 1. The highest BCUT2D eigenvalue weighted by atomic mass is 14.5. The molecule has 0 bridgehead atoms. The van der Waals surface area contributed by atoms with Gasteiger partial charge in [0.1, 0.15) is 0 Å². The lowest BCUT2D eigenvalue weighted by Gasteiger charge is -2.46. The predicted octanol–water partition coefficient (Wildman–Crippen LogP) is 9.85. The smallest absolute Gasteiger partial charge is 0.0692 e. The van der Waals surface area contributed by atoms with Gasteiger partial charge in [-0.1, -0.05) is 97.3 Å². The van der Waals surface area contributed by atoms with Crippen LogP contribution in [0.3, 0.4) is 0 Å². The molecule has 3 aliphatic rings. The Bertz CT molecular complexity index is 507. The molecule has 31 heavy (non-hydrogen) atoms. The second-order valence-electron chi connectivity index (χ2n) is 11.9. The van der Waals surface area contributed by atoms with Crippen LogP contribution in [0.2, 0.25) is 0 Å². The van der Waals surface area contributed by atoms with Gasteiger partial charge in [-0.05, 0) is 81.0 Å². The Morgan fingerprint density at radius 1 is 0.613 bits per heavy atom. The fraction of sp³-hybridized carbons (Fsp3) is 0.967. The van der Waals surface area contributed by atoms with Crippen LogP contribution in [-0.2, 0) is 0 Å². The second kappa shape index (κ2) is 13.3. The maximum absolute atomic E-state index is 10.2. The molecule has 0 saturated heterocycles. The van der Waals surface area contributed by atoms with Crippen LogP contribution in [-0.4, -0.2) is 0 Å². The van der Waals surface area contributed by atoms with Crippen molar-refractivity contribution >= 4 is 0 Å². The van der Waals surface area contributed by atoms with E-state index in [1.165, 1.54) is 135 Å². The molecule has 0 aliphatic heterocycles. The molecule has 3 aliphatic carbocycles. The Labute approximate surface area is 195 Å². The monoisotopic (exact) mass is 427 g/mol. The molecule has 0 aromatic carbocycles. The van der Waals surface area contributed by atoms with Crippen LogP contribution in [0.1, 0.15) is 149 Å². The molecule has 0 aromatic heterocycles. The summed E-state index contributed by atoms with van der Waals surface area (Å²) < 4.78 is 0. The molecule has 1 nitrogen and oxygen atoms in total. The Morgan fingerprint density at radius 2 is 1.16 bits per heavy atom. The van der Waals surface area contributed by atoms with E-state index in [0.717, 1.165) is 23.7 Å². The van der Waals surface area contributed by atoms with E-state index in [0.29, 0.717) is 5.92 Å². The van der Waals surface area contributed by atoms with Crippen molar-refractivity contribution in [1.29, 1.82) is 5.26 Å². The van der Waals surface area contributed by atoms with Crippen LogP contribution in [0.25, 0.3) is 0 Å². The molecule has 3 fully saturated rings. The number of nitrogens with zero attached hydrogens (tertiary/aromatic N) is 1. The Morgan fingerprint density at radius 3 is 1.77 bits per heavy atom. The van der Waals surface area contributed by atoms with Crippen LogP contribution >= 0.6 is 0 Å². The molecular formula is C30H53N. The molecule has 0 spiro atoms. The van der Waals surface area contributed by atoms with Crippen LogP contribution in [0.5, 0.6) is 0 Å². The van der Waals surface area contributed by atoms with Gasteiger partial charge in [0.15, 0.2) is 0 Å². The quantitative estimate of drug-likeness (QED) is 0.301. The largest absolute Gasteiger partial charge is 0.198 e. The number of nitriles is 1. The maximum atomic E-state index is 10.2. The van der Waals surface area contributed by atoms with E-state index in [4.69, 9.17) is 0 Å². The summed E-state index contributed by atoms with van der Waals surface area (Å²) in [5.41, 5.74) is 0.0427. The molecule has 0 radical (unpaired) electrons. The molecule has 3 rings (SSSR count). The first-order valence-electron chi connectivity index (χ1n) is 14.6. The third kappa shape index (κ3) is 7.24. The van der Waals surface area contributed by atoms with Gasteiger partial charge in [0.25, 0.3) is 0 Å². The molecule has 0 heterocycles. The van der Waals surface area contributed by atoms with Gasteiger partial charge >= 0.3 is 0 Å². The van der Waals surface area contributed by atoms with Crippen LogP contribution in [0, 0.1) is 46.3 Å². The Kier molecular flexibility index (Phi) is 10.7. The highest BCUT2D eigenvalue weighted by Gasteiger charge is 2.44. The van der Waals surface area contributed by atoms with E-state index in [1.54, 1.807) is 0 Å². The summed E-state index contributed by atoms with van der Waals surface area (Å²) in [6, 6.07) is 2.92. The van der Waals surface area contributed by atoms with Gasteiger partial charge < -0.3 is 0 Å². The summed E-state index contributed by atoms with van der Waals surface area (Å²) in [4.78, 5) is 0. The van der Waals surface area contributed by atoms with Gasteiger partial charge in [0.2, 0.25) is 0 Å². The Hall–Kier alpha value is -0.510. The third-order valence-corrected chi connectivity index (χ3v) is 9.99. The van der Waals surface area contributed by atoms with Crippen LogP contribution < -0.4 is 0 Å².